The molecule has 19 heavy (non-hydrogen) atoms. The lowest BCUT2D eigenvalue weighted by Crippen LogP contribution is -2.35. The second kappa shape index (κ2) is 5.49. The average Bonchev–Trinajstić information content (AvgIpc) is 2.38. The minimum atomic E-state index is -1.05. The first kappa shape index (κ1) is 14.3. The first-order valence-corrected chi connectivity index (χ1v) is 7.03. The van der Waals surface area contributed by atoms with E-state index in [4.69, 9.17) is 4.74 Å². The van der Waals surface area contributed by atoms with Gasteiger partial charge in [0, 0.05) is 5.56 Å². The van der Waals surface area contributed by atoms with E-state index in [0.29, 0.717) is 30.2 Å². The van der Waals surface area contributed by atoms with Crippen LogP contribution in [0.15, 0.2) is 18.2 Å². The highest BCUT2D eigenvalue weighted by atomic mass is 19.1. The Morgan fingerprint density at radius 2 is 2.16 bits per heavy atom. The Labute approximate surface area is 114 Å². The van der Waals surface area contributed by atoms with Crippen LogP contribution in [-0.4, -0.2) is 12.2 Å². The molecule has 0 radical (unpaired) electrons. The van der Waals surface area contributed by atoms with E-state index in [1.807, 2.05) is 0 Å². The molecule has 0 heterocycles. The van der Waals surface area contributed by atoms with E-state index in [1.165, 1.54) is 7.11 Å². The van der Waals surface area contributed by atoms with Crippen molar-refractivity contribution in [1.82, 2.24) is 0 Å². The maximum Gasteiger partial charge on any atom is 0.171 e. The summed E-state index contributed by atoms with van der Waals surface area (Å²) in [5.41, 5.74) is -0.663. The zero-order valence-electron chi connectivity index (χ0n) is 11.9. The van der Waals surface area contributed by atoms with Crippen LogP contribution in [0.3, 0.4) is 0 Å². The number of hydrogen-bond donors (Lipinski definition) is 1. The van der Waals surface area contributed by atoms with Gasteiger partial charge in [-0.1, -0.05) is 26.0 Å². The summed E-state index contributed by atoms with van der Waals surface area (Å²) < 4.78 is 19.4. The van der Waals surface area contributed by atoms with E-state index in [2.05, 4.69) is 13.8 Å². The molecule has 1 aromatic carbocycles. The number of benzene rings is 1. The van der Waals surface area contributed by atoms with Crippen LogP contribution in [0.4, 0.5) is 4.39 Å². The van der Waals surface area contributed by atoms with Gasteiger partial charge in [-0.05, 0) is 43.6 Å². The number of aliphatic hydroxyl groups is 1. The number of halogens is 1. The Morgan fingerprint density at radius 1 is 1.42 bits per heavy atom. The monoisotopic (exact) mass is 266 g/mol. The highest BCUT2D eigenvalue weighted by Crippen LogP contribution is 2.44. The molecular formula is C16H23FO2. The zero-order chi connectivity index (χ0) is 14.0. The molecule has 0 aromatic heterocycles. The molecule has 1 fully saturated rings. The molecule has 106 valence electrons. The molecule has 1 N–H and O–H groups in total. The maximum atomic E-state index is 14.3. The summed E-state index contributed by atoms with van der Waals surface area (Å²) in [6.45, 7) is 4.33. The molecule has 0 amide bonds. The molecule has 2 rings (SSSR count). The molecule has 0 aliphatic heterocycles. The van der Waals surface area contributed by atoms with Crippen LogP contribution >= 0.6 is 0 Å². The second-order valence-electron chi connectivity index (χ2n) is 5.95. The number of ether oxygens (including phenoxy) is 1. The normalized spacial score (nSPS) is 27.6. The van der Waals surface area contributed by atoms with Crippen molar-refractivity contribution in [1.29, 1.82) is 0 Å². The van der Waals surface area contributed by atoms with Crippen molar-refractivity contribution in [3.8, 4) is 5.75 Å². The van der Waals surface area contributed by atoms with Crippen LogP contribution in [-0.2, 0) is 5.60 Å². The fraction of sp³-hybridized carbons (Fsp3) is 0.625. The van der Waals surface area contributed by atoms with E-state index in [1.54, 1.807) is 18.2 Å². The van der Waals surface area contributed by atoms with Gasteiger partial charge in [0.25, 0.3) is 0 Å². The molecule has 1 aliphatic rings. The van der Waals surface area contributed by atoms with Gasteiger partial charge >= 0.3 is 0 Å². The highest BCUT2D eigenvalue weighted by molar-refractivity contribution is 5.35. The quantitative estimate of drug-likeness (QED) is 0.900. The molecule has 0 bridgehead atoms. The summed E-state index contributed by atoms with van der Waals surface area (Å²) >= 11 is 0. The van der Waals surface area contributed by atoms with Gasteiger partial charge in [0.05, 0.1) is 12.7 Å². The average molecular weight is 266 g/mol. The molecule has 3 heteroatoms. The maximum absolute atomic E-state index is 14.3. The standard InChI is InChI=1S/C16H23FO2/c1-11(2)12-6-5-9-16(18,10-12)13-7-4-8-14(19-3)15(13)17/h4,7-8,11-12,18H,5-6,9-10H2,1-3H3. The van der Waals surface area contributed by atoms with Crippen LogP contribution in [0.25, 0.3) is 0 Å². The Bertz CT molecular complexity index is 444. The van der Waals surface area contributed by atoms with Gasteiger partial charge in [-0.2, -0.15) is 0 Å². The van der Waals surface area contributed by atoms with Gasteiger partial charge < -0.3 is 9.84 Å². The van der Waals surface area contributed by atoms with E-state index < -0.39 is 11.4 Å². The van der Waals surface area contributed by atoms with Crippen molar-refractivity contribution in [2.75, 3.05) is 7.11 Å². The molecule has 0 saturated heterocycles. The Balaban J connectivity index is 2.34. The molecule has 0 spiro atoms. The van der Waals surface area contributed by atoms with Crippen LogP contribution < -0.4 is 4.74 Å². The molecule has 1 saturated carbocycles. The topological polar surface area (TPSA) is 29.5 Å². The van der Waals surface area contributed by atoms with Gasteiger partial charge in [0.2, 0.25) is 0 Å². The van der Waals surface area contributed by atoms with Crippen LogP contribution in [0.1, 0.15) is 45.1 Å². The van der Waals surface area contributed by atoms with E-state index in [-0.39, 0.29) is 5.75 Å². The van der Waals surface area contributed by atoms with Gasteiger partial charge in [-0.25, -0.2) is 4.39 Å². The summed E-state index contributed by atoms with van der Waals surface area (Å²) in [5.74, 6) is 0.749. The summed E-state index contributed by atoms with van der Waals surface area (Å²) in [6, 6.07) is 5.01. The summed E-state index contributed by atoms with van der Waals surface area (Å²) in [7, 11) is 1.45. The van der Waals surface area contributed by atoms with Crippen LogP contribution in [0.2, 0.25) is 0 Å². The molecule has 1 aliphatic carbocycles. The molecule has 2 atom stereocenters. The van der Waals surface area contributed by atoms with Gasteiger partial charge in [0.1, 0.15) is 0 Å². The second-order valence-corrected chi connectivity index (χ2v) is 5.95. The third-order valence-corrected chi connectivity index (χ3v) is 4.39. The van der Waals surface area contributed by atoms with E-state index in [9.17, 15) is 9.50 Å². The number of rotatable bonds is 3. The highest BCUT2D eigenvalue weighted by Gasteiger charge is 2.39. The van der Waals surface area contributed by atoms with Crippen molar-refractivity contribution in [2.24, 2.45) is 11.8 Å². The van der Waals surface area contributed by atoms with Crippen molar-refractivity contribution >= 4 is 0 Å². The first-order valence-electron chi connectivity index (χ1n) is 7.03. The fourth-order valence-corrected chi connectivity index (χ4v) is 3.14. The van der Waals surface area contributed by atoms with Crippen molar-refractivity contribution < 1.29 is 14.2 Å². The van der Waals surface area contributed by atoms with Crippen molar-refractivity contribution in [2.45, 2.75) is 45.1 Å². The summed E-state index contributed by atoms with van der Waals surface area (Å²) in [6.07, 6.45) is 3.32. The summed E-state index contributed by atoms with van der Waals surface area (Å²) in [5, 5.41) is 10.9. The van der Waals surface area contributed by atoms with Crippen LogP contribution in [0, 0.1) is 17.7 Å². The predicted molar refractivity (Wildman–Crippen MR) is 73.6 cm³/mol. The smallest absolute Gasteiger partial charge is 0.171 e. The fourth-order valence-electron chi connectivity index (χ4n) is 3.14. The first-order chi connectivity index (χ1) is 8.98. The largest absolute Gasteiger partial charge is 0.494 e. The lowest BCUT2D eigenvalue weighted by molar-refractivity contribution is -0.0324. The molecule has 2 unspecified atom stereocenters. The Morgan fingerprint density at radius 3 is 2.79 bits per heavy atom. The minimum Gasteiger partial charge on any atom is -0.494 e. The zero-order valence-corrected chi connectivity index (χ0v) is 11.9. The lowest BCUT2D eigenvalue weighted by Gasteiger charge is -2.39. The molecule has 2 nitrogen and oxygen atoms in total. The predicted octanol–water partition coefficient (Wildman–Crippen LogP) is 3.87. The van der Waals surface area contributed by atoms with Gasteiger partial charge in [-0.15, -0.1) is 0 Å². The number of methoxy groups -OCH3 is 1. The molecular weight excluding hydrogens is 243 g/mol. The third kappa shape index (κ3) is 2.76. The van der Waals surface area contributed by atoms with Gasteiger partial charge in [0.15, 0.2) is 11.6 Å². The number of hydrogen-bond acceptors (Lipinski definition) is 2. The Hall–Kier alpha value is -1.09. The van der Waals surface area contributed by atoms with Gasteiger partial charge in [-0.3, -0.25) is 0 Å². The van der Waals surface area contributed by atoms with Crippen LogP contribution in [0.5, 0.6) is 5.75 Å². The van der Waals surface area contributed by atoms with Crippen molar-refractivity contribution in [3.63, 3.8) is 0 Å². The summed E-state index contributed by atoms with van der Waals surface area (Å²) in [4.78, 5) is 0. The van der Waals surface area contributed by atoms with E-state index in [0.717, 1.165) is 12.8 Å². The molecule has 1 aromatic rings. The van der Waals surface area contributed by atoms with E-state index >= 15 is 0 Å². The Kier molecular flexibility index (Phi) is 4.14. The third-order valence-electron chi connectivity index (χ3n) is 4.39. The van der Waals surface area contributed by atoms with Crippen molar-refractivity contribution in [3.05, 3.63) is 29.6 Å². The minimum absolute atomic E-state index is 0.206. The SMILES string of the molecule is COc1cccc(C2(O)CCCC(C(C)C)C2)c1F. The lowest BCUT2D eigenvalue weighted by atomic mass is 9.71.